The molecule has 1 N–H and O–H groups in total. The Balaban J connectivity index is 1.88. The first kappa shape index (κ1) is 18.4. The van der Waals surface area contributed by atoms with Crippen molar-refractivity contribution in [3.05, 3.63) is 45.6 Å². The fourth-order valence-corrected chi connectivity index (χ4v) is 5.77. The minimum absolute atomic E-state index is 0.0833. The van der Waals surface area contributed by atoms with Gasteiger partial charge in [-0.05, 0) is 72.3 Å². The number of aryl methyl sites for hydroxylation is 2. The van der Waals surface area contributed by atoms with Gasteiger partial charge in [-0.2, -0.15) is 11.3 Å². The molecule has 0 radical (unpaired) electrons. The standard InChI is InChI=1S/C19H25NO3S2/c1-14-10-17(23-3)18(11-15(14)2)25(21,22)20-13-19(7-4-5-8-19)16-6-9-24-12-16/h6,9-12,20H,4-5,7-8,13H2,1-3H3. The van der Waals surface area contributed by atoms with Gasteiger partial charge in [-0.3, -0.25) is 0 Å². The highest BCUT2D eigenvalue weighted by molar-refractivity contribution is 7.89. The lowest BCUT2D eigenvalue weighted by Crippen LogP contribution is -2.38. The Hall–Kier alpha value is -1.37. The second-order valence-corrected chi connectivity index (χ2v) is 9.43. The minimum Gasteiger partial charge on any atom is -0.495 e. The molecule has 0 amide bonds. The molecule has 0 atom stereocenters. The highest BCUT2D eigenvalue weighted by atomic mass is 32.2. The second-order valence-electron chi connectivity index (χ2n) is 6.91. The van der Waals surface area contributed by atoms with E-state index < -0.39 is 10.0 Å². The van der Waals surface area contributed by atoms with Crippen LogP contribution in [0, 0.1) is 13.8 Å². The number of rotatable bonds is 6. The highest BCUT2D eigenvalue weighted by Gasteiger charge is 2.37. The third kappa shape index (κ3) is 3.61. The Morgan fingerprint density at radius 2 is 1.88 bits per heavy atom. The van der Waals surface area contributed by atoms with E-state index in [1.807, 2.05) is 13.8 Å². The van der Waals surface area contributed by atoms with Crippen molar-refractivity contribution in [3.63, 3.8) is 0 Å². The fraction of sp³-hybridized carbons (Fsp3) is 0.474. The molecule has 136 valence electrons. The summed E-state index contributed by atoms with van der Waals surface area (Å²) in [4.78, 5) is 0.219. The van der Waals surface area contributed by atoms with E-state index in [4.69, 9.17) is 4.74 Å². The normalized spacial score (nSPS) is 16.9. The first-order valence-electron chi connectivity index (χ1n) is 8.55. The summed E-state index contributed by atoms with van der Waals surface area (Å²) in [5.41, 5.74) is 3.13. The zero-order chi connectivity index (χ0) is 18.1. The number of hydrogen-bond acceptors (Lipinski definition) is 4. The Morgan fingerprint density at radius 1 is 1.20 bits per heavy atom. The smallest absolute Gasteiger partial charge is 0.244 e. The van der Waals surface area contributed by atoms with E-state index in [0.29, 0.717) is 12.3 Å². The summed E-state index contributed by atoms with van der Waals surface area (Å²) in [6.07, 6.45) is 4.34. The van der Waals surface area contributed by atoms with Crippen LogP contribution < -0.4 is 9.46 Å². The topological polar surface area (TPSA) is 55.4 Å². The third-order valence-electron chi connectivity index (χ3n) is 5.36. The van der Waals surface area contributed by atoms with E-state index in [2.05, 4.69) is 21.5 Å². The Morgan fingerprint density at radius 3 is 2.48 bits per heavy atom. The van der Waals surface area contributed by atoms with Gasteiger partial charge in [0.05, 0.1) is 7.11 Å². The van der Waals surface area contributed by atoms with Crippen LogP contribution in [0.25, 0.3) is 0 Å². The number of nitrogens with one attached hydrogen (secondary N) is 1. The van der Waals surface area contributed by atoms with Crippen LogP contribution in [0.3, 0.4) is 0 Å². The molecular weight excluding hydrogens is 354 g/mol. The van der Waals surface area contributed by atoms with Gasteiger partial charge in [0, 0.05) is 12.0 Å². The van der Waals surface area contributed by atoms with Crippen LogP contribution in [-0.2, 0) is 15.4 Å². The predicted octanol–water partition coefficient (Wildman–Crippen LogP) is 4.16. The van der Waals surface area contributed by atoms with Gasteiger partial charge in [-0.25, -0.2) is 13.1 Å². The van der Waals surface area contributed by atoms with Gasteiger partial charge >= 0.3 is 0 Å². The molecule has 0 unspecified atom stereocenters. The number of sulfonamides is 1. The summed E-state index contributed by atoms with van der Waals surface area (Å²) in [6, 6.07) is 5.61. The molecule has 25 heavy (non-hydrogen) atoms. The van der Waals surface area contributed by atoms with Crippen LogP contribution in [0.1, 0.15) is 42.4 Å². The maximum atomic E-state index is 13.0. The lowest BCUT2D eigenvalue weighted by Gasteiger charge is -2.29. The van der Waals surface area contributed by atoms with Gasteiger partial charge in [0.25, 0.3) is 0 Å². The molecular formula is C19H25NO3S2. The third-order valence-corrected chi connectivity index (χ3v) is 7.47. The van der Waals surface area contributed by atoms with Crippen molar-refractivity contribution in [2.75, 3.05) is 13.7 Å². The molecule has 0 bridgehead atoms. The molecule has 1 saturated carbocycles. The highest BCUT2D eigenvalue weighted by Crippen LogP contribution is 2.41. The van der Waals surface area contributed by atoms with Gasteiger partial charge in [-0.15, -0.1) is 0 Å². The molecule has 3 rings (SSSR count). The molecule has 6 heteroatoms. The number of benzene rings is 1. The Kier molecular flexibility index (Phi) is 5.23. The SMILES string of the molecule is COc1cc(C)c(C)cc1S(=O)(=O)NCC1(c2ccsc2)CCCC1. The Bertz CT molecular complexity index is 836. The molecule has 1 aromatic carbocycles. The number of hydrogen-bond donors (Lipinski definition) is 1. The first-order chi connectivity index (χ1) is 11.9. The van der Waals surface area contributed by atoms with Crippen LogP contribution in [0.15, 0.2) is 33.9 Å². The van der Waals surface area contributed by atoms with Gasteiger partial charge in [0.2, 0.25) is 10.0 Å². The zero-order valence-corrected chi connectivity index (χ0v) is 16.6. The van der Waals surface area contributed by atoms with Gasteiger partial charge in [-0.1, -0.05) is 12.8 Å². The lowest BCUT2D eigenvalue weighted by molar-refractivity contribution is 0.400. The summed E-state index contributed by atoms with van der Waals surface area (Å²) in [6.45, 7) is 4.30. The molecule has 1 heterocycles. The average molecular weight is 380 g/mol. The number of methoxy groups -OCH3 is 1. The van der Waals surface area contributed by atoms with Crippen molar-refractivity contribution >= 4 is 21.4 Å². The van der Waals surface area contributed by atoms with E-state index in [1.165, 1.54) is 12.7 Å². The summed E-state index contributed by atoms with van der Waals surface area (Å²) < 4.78 is 34.1. The minimum atomic E-state index is -3.63. The van der Waals surface area contributed by atoms with Crippen LogP contribution in [0.4, 0.5) is 0 Å². The van der Waals surface area contributed by atoms with Crippen molar-refractivity contribution in [1.82, 2.24) is 4.72 Å². The molecule has 2 aromatic rings. The molecule has 0 aliphatic heterocycles. The van der Waals surface area contributed by atoms with Crippen LogP contribution in [-0.4, -0.2) is 22.1 Å². The van der Waals surface area contributed by atoms with E-state index >= 15 is 0 Å². The maximum absolute atomic E-state index is 13.0. The van der Waals surface area contributed by atoms with E-state index in [-0.39, 0.29) is 10.3 Å². The second kappa shape index (κ2) is 7.09. The summed E-state index contributed by atoms with van der Waals surface area (Å²) in [5, 5.41) is 4.21. The predicted molar refractivity (Wildman–Crippen MR) is 102 cm³/mol. The van der Waals surface area contributed by atoms with Crippen LogP contribution >= 0.6 is 11.3 Å². The fourth-order valence-electron chi connectivity index (χ4n) is 3.63. The average Bonchev–Trinajstić information content (AvgIpc) is 3.27. The summed E-state index contributed by atoms with van der Waals surface area (Å²) in [7, 11) is -2.12. The van der Waals surface area contributed by atoms with E-state index in [9.17, 15) is 8.42 Å². The molecule has 1 aromatic heterocycles. The largest absolute Gasteiger partial charge is 0.495 e. The van der Waals surface area contributed by atoms with Crippen LogP contribution in [0.5, 0.6) is 5.75 Å². The molecule has 1 fully saturated rings. The molecule has 4 nitrogen and oxygen atoms in total. The zero-order valence-electron chi connectivity index (χ0n) is 15.0. The molecule has 1 aliphatic rings. The van der Waals surface area contributed by atoms with Crippen molar-refractivity contribution < 1.29 is 13.2 Å². The van der Waals surface area contributed by atoms with Crippen molar-refractivity contribution in [3.8, 4) is 5.75 Å². The molecule has 1 aliphatic carbocycles. The lowest BCUT2D eigenvalue weighted by atomic mass is 9.81. The first-order valence-corrected chi connectivity index (χ1v) is 11.0. The van der Waals surface area contributed by atoms with Crippen molar-refractivity contribution in [2.24, 2.45) is 0 Å². The molecule has 0 spiro atoms. The van der Waals surface area contributed by atoms with Crippen LogP contribution in [0.2, 0.25) is 0 Å². The van der Waals surface area contributed by atoms with Crippen molar-refractivity contribution in [1.29, 1.82) is 0 Å². The van der Waals surface area contributed by atoms with Crippen molar-refractivity contribution in [2.45, 2.75) is 49.8 Å². The number of ether oxygens (including phenoxy) is 1. The monoisotopic (exact) mass is 379 g/mol. The Labute approximate surface area is 154 Å². The number of thiophene rings is 1. The summed E-state index contributed by atoms with van der Waals surface area (Å²) >= 11 is 1.67. The van der Waals surface area contributed by atoms with Gasteiger partial charge in [0.1, 0.15) is 10.6 Å². The maximum Gasteiger partial charge on any atom is 0.244 e. The van der Waals surface area contributed by atoms with Gasteiger partial charge in [0.15, 0.2) is 0 Å². The van der Waals surface area contributed by atoms with E-state index in [1.54, 1.807) is 23.5 Å². The van der Waals surface area contributed by atoms with Gasteiger partial charge < -0.3 is 4.74 Å². The quantitative estimate of drug-likeness (QED) is 0.820. The molecule has 0 saturated heterocycles. The summed E-state index contributed by atoms with van der Waals surface area (Å²) in [5.74, 6) is 0.395. The van der Waals surface area contributed by atoms with E-state index in [0.717, 1.165) is 36.8 Å².